The first-order chi connectivity index (χ1) is 8.22. The average molecular weight is 320 g/mol. The van der Waals surface area contributed by atoms with Gasteiger partial charge in [-0.05, 0) is 6.07 Å². The molecule has 4 nitrogen and oxygen atoms in total. The fourth-order valence-corrected chi connectivity index (χ4v) is 2.31. The first kappa shape index (κ1) is 12.8. The summed E-state index contributed by atoms with van der Waals surface area (Å²) in [7, 11) is 0. The van der Waals surface area contributed by atoms with Crippen molar-refractivity contribution in [3.63, 3.8) is 0 Å². The molecule has 1 aromatic rings. The van der Waals surface area contributed by atoms with E-state index in [-0.39, 0.29) is 12.0 Å². The average Bonchev–Trinajstić information content (AvgIpc) is 2.38. The topological polar surface area (TPSA) is 42.4 Å². The van der Waals surface area contributed by atoms with Gasteiger partial charge in [0.05, 0.1) is 23.3 Å². The normalized spacial score (nSPS) is 20.4. The standard InChI is InChI=1S/C11H12BrClN2O2/c12-5-8-7-15(3-4-17-8)11(16)9-1-2-14-6-10(9)13/h1-2,6,8H,3-5,7H2. The molecule has 0 spiro atoms. The van der Waals surface area contributed by atoms with E-state index in [0.29, 0.717) is 30.3 Å². The summed E-state index contributed by atoms with van der Waals surface area (Å²) in [6.07, 6.45) is 3.10. The van der Waals surface area contributed by atoms with Gasteiger partial charge < -0.3 is 9.64 Å². The Morgan fingerprint density at radius 3 is 3.24 bits per heavy atom. The van der Waals surface area contributed by atoms with Crippen LogP contribution in [0.25, 0.3) is 0 Å². The van der Waals surface area contributed by atoms with Crippen LogP contribution in [0.5, 0.6) is 0 Å². The summed E-state index contributed by atoms with van der Waals surface area (Å²) in [6, 6.07) is 1.64. The number of amides is 1. The van der Waals surface area contributed by atoms with Gasteiger partial charge in [-0.2, -0.15) is 0 Å². The van der Waals surface area contributed by atoms with Gasteiger partial charge >= 0.3 is 0 Å². The Morgan fingerprint density at radius 1 is 1.71 bits per heavy atom. The molecular weight excluding hydrogens is 307 g/mol. The van der Waals surface area contributed by atoms with Gasteiger partial charge in [-0.25, -0.2) is 0 Å². The molecule has 92 valence electrons. The second kappa shape index (κ2) is 5.80. The lowest BCUT2D eigenvalue weighted by atomic mass is 10.2. The Balaban J connectivity index is 2.12. The van der Waals surface area contributed by atoms with Gasteiger partial charge in [0.2, 0.25) is 0 Å². The molecule has 1 aromatic heterocycles. The van der Waals surface area contributed by atoms with Crippen LogP contribution in [0.2, 0.25) is 5.02 Å². The maximum absolute atomic E-state index is 12.2. The van der Waals surface area contributed by atoms with Crippen molar-refractivity contribution in [1.82, 2.24) is 9.88 Å². The highest BCUT2D eigenvalue weighted by molar-refractivity contribution is 9.09. The minimum absolute atomic E-state index is 0.0494. The third-order valence-corrected chi connectivity index (χ3v) is 3.62. The number of aromatic nitrogens is 1. The van der Waals surface area contributed by atoms with Crippen molar-refractivity contribution < 1.29 is 9.53 Å². The molecule has 0 aliphatic carbocycles. The van der Waals surface area contributed by atoms with E-state index in [0.717, 1.165) is 5.33 Å². The summed E-state index contributed by atoms with van der Waals surface area (Å²) in [5.74, 6) is -0.0633. The van der Waals surface area contributed by atoms with E-state index < -0.39 is 0 Å². The van der Waals surface area contributed by atoms with Crippen molar-refractivity contribution in [1.29, 1.82) is 0 Å². The summed E-state index contributed by atoms with van der Waals surface area (Å²) >= 11 is 9.32. The Kier molecular flexibility index (Phi) is 4.36. The van der Waals surface area contributed by atoms with Crippen LogP contribution in [0.4, 0.5) is 0 Å². The van der Waals surface area contributed by atoms with Crippen molar-refractivity contribution >= 4 is 33.4 Å². The molecule has 2 rings (SSSR count). The molecule has 0 bridgehead atoms. The van der Waals surface area contributed by atoms with E-state index in [4.69, 9.17) is 16.3 Å². The molecule has 0 radical (unpaired) electrons. The van der Waals surface area contributed by atoms with Crippen molar-refractivity contribution in [3.8, 4) is 0 Å². The second-order valence-corrected chi connectivity index (χ2v) is 4.81. The third kappa shape index (κ3) is 2.97. The Labute approximate surface area is 113 Å². The van der Waals surface area contributed by atoms with Crippen LogP contribution in [-0.4, -0.2) is 46.9 Å². The third-order valence-electron chi connectivity index (χ3n) is 2.60. The number of halogens is 2. The van der Waals surface area contributed by atoms with Crippen molar-refractivity contribution in [3.05, 3.63) is 29.0 Å². The quantitative estimate of drug-likeness (QED) is 0.783. The number of nitrogens with zero attached hydrogens (tertiary/aromatic N) is 2. The molecular formula is C11H12BrClN2O2. The van der Waals surface area contributed by atoms with Crippen molar-refractivity contribution in [2.75, 3.05) is 25.0 Å². The number of alkyl halides is 1. The van der Waals surface area contributed by atoms with Crippen LogP contribution in [0.1, 0.15) is 10.4 Å². The van der Waals surface area contributed by atoms with Gasteiger partial charge in [0, 0.05) is 30.8 Å². The first-order valence-corrected chi connectivity index (χ1v) is 6.78. The monoisotopic (exact) mass is 318 g/mol. The Bertz CT molecular complexity index is 416. The van der Waals surface area contributed by atoms with Gasteiger partial charge in [-0.15, -0.1) is 0 Å². The molecule has 1 amide bonds. The van der Waals surface area contributed by atoms with Crippen molar-refractivity contribution in [2.45, 2.75) is 6.10 Å². The highest BCUT2D eigenvalue weighted by Gasteiger charge is 2.25. The lowest BCUT2D eigenvalue weighted by molar-refractivity contribution is -0.00964. The summed E-state index contributed by atoms with van der Waals surface area (Å²) < 4.78 is 5.49. The SMILES string of the molecule is O=C(c1ccncc1Cl)N1CCOC(CBr)C1. The van der Waals surface area contributed by atoms with Crippen LogP contribution in [0.15, 0.2) is 18.5 Å². The highest BCUT2D eigenvalue weighted by atomic mass is 79.9. The van der Waals surface area contributed by atoms with Crippen LogP contribution in [0.3, 0.4) is 0 Å². The molecule has 0 aromatic carbocycles. The van der Waals surface area contributed by atoms with Gasteiger partial charge in [-0.3, -0.25) is 9.78 Å². The molecule has 1 atom stereocenters. The molecule has 0 saturated carbocycles. The van der Waals surface area contributed by atoms with Gasteiger partial charge in [0.1, 0.15) is 0 Å². The predicted molar refractivity (Wildman–Crippen MR) is 68.7 cm³/mol. The fourth-order valence-electron chi connectivity index (χ4n) is 1.72. The summed E-state index contributed by atoms with van der Waals surface area (Å²) in [4.78, 5) is 17.9. The van der Waals surface area contributed by atoms with E-state index in [1.807, 2.05) is 0 Å². The molecule has 1 fully saturated rings. The Morgan fingerprint density at radius 2 is 2.53 bits per heavy atom. The summed E-state index contributed by atoms with van der Waals surface area (Å²) in [6.45, 7) is 1.74. The van der Waals surface area contributed by atoms with Crippen LogP contribution in [0, 0.1) is 0 Å². The molecule has 17 heavy (non-hydrogen) atoms. The van der Waals surface area contributed by atoms with Gasteiger partial charge in [0.25, 0.3) is 5.91 Å². The Hall–Kier alpha value is -0.650. The first-order valence-electron chi connectivity index (χ1n) is 5.28. The smallest absolute Gasteiger partial charge is 0.255 e. The molecule has 6 heteroatoms. The molecule has 2 heterocycles. The zero-order chi connectivity index (χ0) is 12.3. The highest BCUT2D eigenvalue weighted by Crippen LogP contribution is 2.18. The number of morpholine rings is 1. The predicted octanol–water partition coefficient (Wildman–Crippen LogP) is 1.97. The van der Waals surface area contributed by atoms with Crippen LogP contribution in [-0.2, 0) is 4.74 Å². The number of pyridine rings is 1. The minimum atomic E-state index is -0.0633. The number of hydrogen-bond donors (Lipinski definition) is 0. The largest absolute Gasteiger partial charge is 0.374 e. The number of rotatable bonds is 2. The van der Waals surface area contributed by atoms with E-state index in [1.54, 1.807) is 17.2 Å². The fraction of sp³-hybridized carbons (Fsp3) is 0.455. The molecule has 1 unspecified atom stereocenters. The number of carbonyl (C=O) groups is 1. The van der Waals surface area contributed by atoms with Gasteiger partial charge in [-0.1, -0.05) is 27.5 Å². The molecule has 0 N–H and O–H groups in total. The lowest BCUT2D eigenvalue weighted by Crippen LogP contribution is -2.46. The minimum Gasteiger partial charge on any atom is -0.374 e. The lowest BCUT2D eigenvalue weighted by Gasteiger charge is -2.32. The maximum Gasteiger partial charge on any atom is 0.255 e. The van der Waals surface area contributed by atoms with Crippen LogP contribution < -0.4 is 0 Å². The maximum atomic E-state index is 12.2. The second-order valence-electron chi connectivity index (χ2n) is 3.75. The summed E-state index contributed by atoms with van der Waals surface area (Å²) in [5, 5.41) is 1.11. The van der Waals surface area contributed by atoms with E-state index in [9.17, 15) is 4.79 Å². The zero-order valence-corrected chi connectivity index (χ0v) is 11.4. The van der Waals surface area contributed by atoms with Gasteiger partial charge in [0.15, 0.2) is 0 Å². The van der Waals surface area contributed by atoms with E-state index >= 15 is 0 Å². The number of carbonyl (C=O) groups excluding carboxylic acids is 1. The molecule has 1 aliphatic heterocycles. The van der Waals surface area contributed by atoms with Crippen LogP contribution >= 0.6 is 27.5 Å². The number of hydrogen-bond acceptors (Lipinski definition) is 3. The molecule has 1 saturated heterocycles. The zero-order valence-electron chi connectivity index (χ0n) is 9.10. The summed E-state index contributed by atoms with van der Waals surface area (Å²) in [5.41, 5.74) is 0.497. The van der Waals surface area contributed by atoms with E-state index in [1.165, 1.54) is 6.20 Å². The van der Waals surface area contributed by atoms with Crippen molar-refractivity contribution in [2.24, 2.45) is 0 Å². The van der Waals surface area contributed by atoms with E-state index in [2.05, 4.69) is 20.9 Å². The molecule has 1 aliphatic rings. The number of ether oxygens (including phenoxy) is 1.